The number of hydrogen-bond donors (Lipinski definition) is 2. The summed E-state index contributed by atoms with van der Waals surface area (Å²) in [6.07, 6.45) is 0. The second kappa shape index (κ2) is 6.86. The molecule has 0 aromatic heterocycles. The van der Waals surface area contributed by atoms with Gasteiger partial charge >= 0.3 is 0 Å². The van der Waals surface area contributed by atoms with E-state index in [0.29, 0.717) is 19.1 Å². The second-order valence-corrected chi connectivity index (χ2v) is 3.29. The maximum Gasteiger partial charge on any atom is 0.237 e. The van der Waals surface area contributed by atoms with Gasteiger partial charge in [0.05, 0.1) is 12.6 Å². The number of ether oxygens (including phenoxy) is 1. The standard InChI is InChI=1S/C9H20N2O2/c1-7(2)8(10-3)9(12)11-5-6-13-4/h7-8,10H,5-6H2,1-4H3,(H,11,12). The highest BCUT2D eigenvalue weighted by atomic mass is 16.5. The molecular weight excluding hydrogens is 168 g/mol. The van der Waals surface area contributed by atoms with Crippen LogP contribution in [0.2, 0.25) is 0 Å². The molecule has 1 amide bonds. The van der Waals surface area contributed by atoms with Gasteiger partial charge in [0.15, 0.2) is 0 Å². The van der Waals surface area contributed by atoms with E-state index in [4.69, 9.17) is 4.74 Å². The molecule has 0 aliphatic rings. The van der Waals surface area contributed by atoms with Crippen molar-refractivity contribution < 1.29 is 9.53 Å². The highest BCUT2D eigenvalue weighted by molar-refractivity contribution is 5.81. The minimum absolute atomic E-state index is 0.0366. The molecule has 0 aliphatic heterocycles. The van der Waals surface area contributed by atoms with E-state index >= 15 is 0 Å². The Kier molecular flexibility index (Phi) is 6.54. The van der Waals surface area contributed by atoms with E-state index in [2.05, 4.69) is 10.6 Å². The van der Waals surface area contributed by atoms with Gasteiger partial charge in [-0.1, -0.05) is 13.8 Å². The zero-order valence-corrected chi connectivity index (χ0v) is 8.89. The fourth-order valence-corrected chi connectivity index (χ4v) is 1.15. The van der Waals surface area contributed by atoms with Gasteiger partial charge in [0.1, 0.15) is 0 Å². The number of carbonyl (C=O) groups excluding carboxylic acids is 1. The van der Waals surface area contributed by atoms with Gasteiger partial charge in [0.2, 0.25) is 5.91 Å². The Morgan fingerprint density at radius 2 is 2.08 bits per heavy atom. The summed E-state index contributed by atoms with van der Waals surface area (Å²) in [5.74, 6) is 0.335. The molecule has 0 saturated carbocycles. The fraction of sp³-hybridized carbons (Fsp3) is 0.889. The van der Waals surface area contributed by atoms with Gasteiger partial charge in [-0.15, -0.1) is 0 Å². The first-order valence-electron chi connectivity index (χ1n) is 4.57. The van der Waals surface area contributed by atoms with Crippen molar-refractivity contribution >= 4 is 5.91 Å². The molecule has 0 saturated heterocycles. The van der Waals surface area contributed by atoms with Crippen molar-refractivity contribution in [2.24, 2.45) is 5.92 Å². The van der Waals surface area contributed by atoms with Gasteiger partial charge in [-0.3, -0.25) is 4.79 Å². The average Bonchev–Trinajstić information content (AvgIpc) is 2.05. The van der Waals surface area contributed by atoms with Crippen LogP contribution in [-0.4, -0.2) is 39.3 Å². The predicted octanol–water partition coefficient (Wildman–Crippen LogP) is -0.00700. The van der Waals surface area contributed by atoms with Crippen molar-refractivity contribution in [1.29, 1.82) is 0 Å². The quantitative estimate of drug-likeness (QED) is 0.577. The van der Waals surface area contributed by atoms with E-state index < -0.39 is 0 Å². The fourth-order valence-electron chi connectivity index (χ4n) is 1.15. The molecule has 0 rings (SSSR count). The largest absolute Gasteiger partial charge is 0.383 e. The third-order valence-electron chi connectivity index (χ3n) is 1.87. The van der Waals surface area contributed by atoms with Crippen LogP contribution < -0.4 is 10.6 Å². The summed E-state index contributed by atoms with van der Waals surface area (Å²) in [7, 11) is 3.41. The minimum atomic E-state index is -0.114. The summed E-state index contributed by atoms with van der Waals surface area (Å²) >= 11 is 0. The molecular formula is C9H20N2O2. The number of rotatable bonds is 6. The summed E-state index contributed by atoms with van der Waals surface area (Å²) in [4.78, 5) is 11.5. The third-order valence-corrected chi connectivity index (χ3v) is 1.87. The van der Waals surface area contributed by atoms with E-state index in [1.54, 1.807) is 14.2 Å². The van der Waals surface area contributed by atoms with E-state index in [1.165, 1.54) is 0 Å². The third kappa shape index (κ3) is 4.85. The molecule has 0 heterocycles. The van der Waals surface area contributed by atoms with Crippen molar-refractivity contribution in [2.45, 2.75) is 19.9 Å². The molecule has 0 spiro atoms. The molecule has 0 aromatic rings. The number of amides is 1. The summed E-state index contributed by atoms with van der Waals surface area (Å²) in [6, 6.07) is -0.114. The lowest BCUT2D eigenvalue weighted by atomic mass is 10.0. The molecule has 1 unspecified atom stereocenters. The first-order valence-corrected chi connectivity index (χ1v) is 4.57. The van der Waals surface area contributed by atoms with Crippen molar-refractivity contribution in [3.8, 4) is 0 Å². The van der Waals surface area contributed by atoms with Crippen LogP contribution in [-0.2, 0) is 9.53 Å². The Morgan fingerprint density at radius 3 is 2.46 bits per heavy atom. The monoisotopic (exact) mass is 188 g/mol. The number of carbonyl (C=O) groups is 1. The van der Waals surface area contributed by atoms with Crippen LogP contribution in [0.3, 0.4) is 0 Å². The number of nitrogens with one attached hydrogen (secondary N) is 2. The molecule has 2 N–H and O–H groups in total. The van der Waals surface area contributed by atoms with Crippen molar-refractivity contribution in [3.05, 3.63) is 0 Å². The van der Waals surface area contributed by atoms with E-state index in [1.807, 2.05) is 13.8 Å². The molecule has 78 valence electrons. The van der Waals surface area contributed by atoms with Crippen molar-refractivity contribution in [3.63, 3.8) is 0 Å². The van der Waals surface area contributed by atoms with Gasteiger partial charge in [-0.05, 0) is 13.0 Å². The predicted molar refractivity (Wildman–Crippen MR) is 52.6 cm³/mol. The second-order valence-electron chi connectivity index (χ2n) is 3.29. The van der Waals surface area contributed by atoms with Crippen LogP contribution in [0, 0.1) is 5.92 Å². The highest BCUT2D eigenvalue weighted by Gasteiger charge is 2.18. The average molecular weight is 188 g/mol. The number of hydrogen-bond acceptors (Lipinski definition) is 3. The van der Waals surface area contributed by atoms with Gasteiger partial charge < -0.3 is 15.4 Å². The Balaban J connectivity index is 3.78. The first-order chi connectivity index (χ1) is 6.13. The molecule has 4 heteroatoms. The lowest BCUT2D eigenvalue weighted by molar-refractivity contribution is -0.124. The smallest absolute Gasteiger partial charge is 0.237 e. The zero-order valence-electron chi connectivity index (χ0n) is 8.89. The first kappa shape index (κ1) is 12.4. The summed E-state index contributed by atoms with van der Waals surface area (Å²) < 4.78 is 4.83. The molecule has 4 nitrogen and oxygen atoms in total. The Hall–Kier alpha value is -0.610. The summed E-state index contributed by atoms with van der Waals surface area (Å²) in [5.41, 5.74) is 0. The van der Waals surface area contributed by atoms with E-state index in [-0.39, 0.29) is 11.9 Å². The molecule has 0 bridgehead atoms. The normalized spacial score (nSPS) is 13.0. The molecule has 0 aliphatic carbocycles. The molecule has 1 atom stereocenters. The summed E-state index contributed by atoms with van der Waals surface area (Å²) in [6.45, 7) is 5.15. The van der Waals surface area contributed by atoms with Crippen molar-refractivity contribution in [2.75, 3.05) is 27.3 Å². The molecule has 0 aromatic carbocycles. The molecule has 0 radical (unpaired) electrons. The van der Waals surface area contributed by atoms with Crippen LogP contribution in [0.25, 0.3) is 0 Å². The topological polar surface area (TPSA) is 50.4 Å². The van der Waals surface area contributed by atoms with Crippen LogP contribution in [0.1, 0.15) is 13.8 Å². The van der Waals surface area contributed by atoms with Gasteiger partial charge in [0, 0.05) is 13.7 Å². The lowest BCUT2D eigenvalue weighted by Gasteiger charge is -2.19. The van der Waals surface area contributed by atoms with Gasteiger partial charge in [-0.2, -0.15) is 0 Å². The van der Waals surface area contributed by atoms with E-state index in [0.717, 1.165) is 0 Å². The SMILES string of the molecule is CNC(C(=O)NCCOC)C(C)C. The van der Waals surface area contributed by atoms with Crippen LogP contribution >= 0.6 is 0 Å². The van der Waals surface area contributed by atoms with Crippen LogP contribution in [0.5, 0.6) is 0 Å². The molecule has 13 heavy (non-hydrogen) atoms. The minimum Gasteiger partial charge on any atom is -0.383 e. The lowest BCUT2D eigenvalue weighted by Crippen LogP contribution is -2.46. The van der Waals surface area contributed by atoms with E-state index in [9.17, 15) is 4.79 Å². The zero-order chi connectivity index (χ0) is 10.3. The van der Waals surface area contributed by atoms with Crippen LogP contribution in [0.15, 0.2) is 0 Å². The van der Waals surface area contributed by atoms with Crippen molar-refractivity contribution in [1.82, 2.24) is 10.6 Å². The summed E-state index contributed by atoms with van der Waals surface area (Å²) in [5, 5.41) is 5.76. The Bertz CT molecular complexity index is 149. The molecule has 0 fully saturated rings. The maximum atomic E-state index is 11.5. The number of methoxy groups -OCH3 is 1. The Morgan fingerprint density at radius 1 is 1.46 bits per heavy atom. The van der Waals surface area contributed by atoms with Crippen LogP contribution in [0.4, 0.5) is 0 Å². The van der Waals surface area contributed by atoms with Gasteiger partial charge in [-0.25, -0.2) is 0 Å². The Labute approximate surface area is 80.0 Å². The van der Waals surface area contributed by atoms with Gasteiger partial charge in [0.25, 0.3) is 0 Å². The number of likely N-dealkylation sites (N-methyl/N-ethyl adjacent to an activating group) is 1. The highest BCUT2D eigenvalue weighted by Crippen LogP contribution is 1.99. The maximum absolute atomic E-state index is 11.5.